The van der Waals surface area contributed by atoms with Crippen molar-refractivity contribution >= 4 is 59.3 Å². The predicted molar refractivity (Wildman–Crippen MR) is 290 cm³/mol. The molecule has 0 aromatic heterocycles. The summed E-state index contributed by atoms with van der Waals surface area (Å²) in [7, 11) is -7.11. The Morgan fingerprint density at radius 1 is 0.403 bits per heavy atom. The van der Waals surface area contributed by atoms with Crippen LogP contribution in [0.2, 0.25) is 0 Å². The zero-order valence-electron chi connectivity index (χ0n) is 38.7. The number of benzene rings is 8. The van der Waals surface area contributed by atoms with Crippen LogP contribution in [0.1, 0.15) is 49.9 Å². The summed E-state index contributed by atoms with van der Waals surface area (Å²) in [4.78, 5) is 0. The lowest BCUT2D eigenvalue weighted by Gasteiger charge is -2.35. The van der Waals surface area contributed by atoms with Crippen molar-refractivity contribution in [2.24, 2.45) is 0 Å². The minimum atomic E-state index is -3.55. The summed E-state index contributed by atoms with van der Waals surface area (Å²) in [5.74, 6) is 0. The van der Waals surface area contributed by atoms with Gasteiger partial charge < -0.3 is 0 Å². The Labute approximate surface area is 397 Å². The molecule has 8 aromatic rings. The number of allylic oxidation sites excluding steroid dienone is 2. The molecule has 0 spiro atoms. The average molecular weight is 911 g/mol. The van der Waals surface area contributed by atoms with Crippen molar-refractivity contribution in [1.29, 1.82) is 0 Å². The second-order valence-corrected chi connectivity index (χ2v) is 22.6. The van der Waals surface area contributed by atoms with E-state index < -0.39 is 20.0 Å². The summed E-state index contributed by atoms with van der Waals surface area (Å²) in [6.07, 6.45) is 3.60. The number of nitrogens with zero attached hydrogens (tertiary/aromatic N) is 2. The third-order valence-electron chi connectivity index (χ3n) is 12.6. The van der Waals surface area contributed by atoms with Crippen LogP contribution in [0.25, 0.3) is 34.4 Å². The van der Waals surface area contributed by atoms with Crippen molar-refractivity contribution in [3.8, 4) is 22.3 Å². The molecule has 0 amide bonds. The molecular formula is C61H56N2O2P2. The Balaban J connectivity index is 1.18. The summed E-state index contributed by atoms with van der Waals surface area (Å²) < 4.78 is 36.1. The molecule has 0 N–H and O–H groups in total. The number of hydrogen-bond donors (Lipinski definition) is 0. The monoisotopic (exact) mass is 910 g/mol. The molecule has 0 radical (unpaired) electrons. The van der Waals surface area contributed by atoms with E-state index in [0.717, 1.165) is 55.9 Å². The molecule has 67 heavy (non-hydrogen) atoms. The first-order chi connectivity index (χ1) is 32.3. The molecule has 0 aliphatic carbocycles. The van der Waals surface area contributed by atoms with Crippen LogP contribution in [-0.4, -0.2) is 0 Å². The highest BCUT2D eigenvalue weighted by atomic mass is 31.2. The summed E-state index contributed by atoms with van der Waals surface area (Å²) >= 11 is 0. The molecule has 0 saturated carbocycles. The molecular weight excluding hydrogens is 855 g/mol. The lowest BCUT2D eigenvalue weighted by Crippen LogP contribution is -2.32. The fourth-order valence-electron chi connectivity index (χ4n) is 8.81. The highest BCUT2D eigenvalue weighted by Gasteiger charge is 2.38. The molecule has 2 unspecified atom stereocenters. The van der Waals surface area contributed by atoms with Gasteiger partial charge in [-0.25, -0.2) is 0 Å². The van der Waals surface area contributed by atoms with E-state index >= 15 is 9.13 Å². The van der Waals surface area contributed by atoms with Gasteiger partial charge in [0.15, 0.2) is 0 Å². The maximum Gasteiger partial charge on any atom is 0.233 e. The second-order valence-electron chi connectivity index (χ2n) is 17.4. The second kappa shape index (κ2) is 19.3. The average Bonchev–Trinajstić information content (AvgIpc) is 3.37. The van der Waals surface area contributed by atoms with Gasteiger partial charge in [-0.2, -0.15) is 0 Å². The van der Waals surface area contributed by atoms with Crippen LogP contribution in [0.15, 0.2) is 244 Å². The van der Waals surface area contributed by atoms with Gasteiger partial charge in [-0.1, -0.05) is 186 Å². The van der Waals surface area contributed by atoms with E-state index in [4.69, 9.17) is 0 Å². The molecule has 4 nitrogen and oxygen atoms in total. The van der Waals surface area contributed by atoms with Crippen LogP contribution in [0.3, 0.4) is 0 Å². The van der Waals surface area contributed by atoms with Crippen molar-refractivity contribution in [3.05, 3.63) is 266 Å². The van der Waals surface area contributed by atoms with Crippen LogP contribution in [0, 0.1) is 0 Å². The SMILES string of the molecule is C=Cc1ccc(N(C(=C)C)P(=O)(c2ccc(-c3ccccc3)cc2)c2ccc(C(C)(C)c3ccc(P(=O)(c4ccc(-c5ccccc5)cc4)N(C(=C)C)c4ccc(C=C)cc4)cc3)cc2)cc1. The minimum absolute atomic E-state index is 0.483. The summed E-state index contributed by atoms with van der Waals surface area (Å²) in [6, 6.07) is 68.7. The minimum Gasteiger partial charge on any atom is -0.290 e. The molecule has 2 atom stereocenters. The summed E-state index contributed by atoms with van der Waals surface area (Å²) in [5.41, 5.74) is 10.7. The summed E-state index contributed by atoms with van der Waals surface area (Å²) in [5, 5.41) is 2.77. The fraction of sp³-hybridized carbons (Fsp3) is 0.0820. The van der Waals surface area contributed by atoms with Crippen LogP contribution in [0.5, 0.6) is 0 Å². The Morgan fingerprint density at radius 2 is 0.672 bits per heavy atom. The zero-order valence-corrected chi connectivity index (χ0v) is 40.5. The first-order valence-corrected chi connectivity index (χ1v) is 25.7. The van der Waals surface area contributed by atoms with Crippen molar-refractivity contribution in [2.45, 2.75) is 33.1 Å². The molecule has 0 fully saturated rings. The lowest BCUT2D eigenvalue weighted by molar-refractivity contribution is 0.585. The topological polar surface area (TPSA) is 40.6 Å². The molecule has 6 heteroatoms. The van der Waals surface area contributed by atoms with Crippen LogP contribution < -0.4 is 30.6 Å². The largest absolute Gasteiger partial charge is 0.290 e. The van der Waals surface area contributed by atoms with Gasteiger partial charge in [0.2, 0.25) is 14.6 Å². The Kier molecular flexibility index (Phi) is 13.4. The Hall–Kier alpha value is -7.22. The van der Waals surface area contributed by atoms with Crippen molar-refractivity contribution in [2.75, 3.05) is 9.34 Å². The van der Waals surface area contributed by atoms with Gasteiger partial charge in [0.1, 0.15) is 0 Å². The van der Waals surface area contributed by atoms with Gasteiger partial charge in [-0.3, -0.25) is 18.5 Å². The van der Waals surface area contributed by atoms with Crippen molar-refractivity contribution < 1.29 is 9.13 Å². The molecule has 0 aliphatic heterocycles. The molecule has 8 rings (SSSR count). The van der Waals surface area contributed by atoms with E-state index in [0.29, 0.717) is 32.6 Å². The molecule has 0 saturated heterocycles. The van der Waals surface area contributed by atoms with Gasteiger partial charge in [0.05, 0.1) is 0 Å². The number of hydrogen-bond acceptors (Lipinski definition) is 2. The fourth-order valence-corrected chi connectivity index (χ4v) is 14.4. The van der Waals surface area contributed by atoms with Gasteiger partial charge in [0.25, 0.3) is 0 Å². The van der Waals surface area contributed by atoms with Crippen molar-refractivity contribution in [1.82, 2.24) is 0 Å². The number of anilines is 2. The maximum absolute atomic E-state index is 16.2. The highest BCUT2D eigenvalue weighted by Crippen LogP contribution is 2.54. The molecule has 332 valence electrons. The lowest BCUT2D eigenvalue weighted by atomic mass is 9.78. The molecule has 0 heterocycles. The molecule has 0 aliphatic rings. The van der Waals surface area contributed by atoms with E-state index in [1.807, 2.05) is 181 Å². The van der Waals surface area contributed by atoms with Gasteiger partial charge in [-0.15, -0.1) is 0 Å². The first kappa shape index (κ1) is 46.3. The number of rotatable bonds is 16. The quantitative estimate of drug-likeness (QED) is 0.0906. The van der Waals surface area contributed by atoms with E-state index in [2.05, 4.69) is 88.7 Å². The highest BCUT2D eigenvalue weighted by molar-refractivity contribution is 7.80. The Bertz CT molecular complexity index is 2920. The van der Waals surface area contributed by atoms with E-state index in [-0.39, 0.29) is 0 Å². The first-order valence-electron chi connectivity index (χ1n) is 22.4. The standard InChI is InChI=1S/C61H56N2O2P2/c1-9-47-21-33-55(34-22-47)62(45(3)4)66(64,57-37-25-51(26-38-57)49-17-13-11-14-18-49)59-41-29-53(30-42-59)61(7,8)54-31-43-60(44-32-54)67(65,63(46(5)6)56-35-23-48(10-2)24-36-56)58-39-27-52(28-40-58)50-19-15-12-16-20-50/h9-44H,1-3,5H2,4,6-8H3. The molecule has 0 bridgehead atoms. The Morgan fingerprint density at radius 3 is 0.940 bits per heavy atom. The third-order valence-corrected chi connectivity index (χ3v) is 18.8. The van der Waals surface area contributed by atoms with Gasteiger partial charge >= 0.3 is 0 Å². The van der Waals surface area contributed by atoms with Crippen LogP contribution in [-0.2, 0) is 14.5 Å². The van der Waals surface area contributed by atoms with Crippen LogP contribution in [0.4, 0.5) is 11.4 Å². The predicted octanol–water partition coefficient (Wildman–Crippen LogP) is 15.2. The summed E-state index contributed by atoms with van der Waals surface area (Å²) in [6.45, 7) is 24.8. The van der Waals surface area contributed by atoms with Gasteiger partial charge in [-0.05, 0) is 131 Å². The van der Waals surface area contributed by atoms with E-state index in [9.17, 15) is 0 Å². The third kappa shape index (κ3) is 9.04. The maximum atomic E-state index is 16.2. The molecule has 8 aromatic carbocycles. The van der Waals surface area contributed by atoms with Gasteiger partial charge in [0, 0.05) is 49.4 Å². The van der Waals surface area contributed by atoms with E-state index in [1.54, 1.807) is 12.2 Å². The van der Waals surface area contributed by atoms with Crippen LogP contribution >= 0.6 is 14.6 Å². The normalized spacial score (nSPS) is 13.1. The van der Waals surface area contributed by atoms with Crippen molar-refractivity contribution in [3.63, 3.8) is 0 Å². The zero-order chi connectivity index (χ0) is 47.3. The smallest absolute Gasteiger partial charge is 0.233 e. The van der Waals surface area contributed by atoms with E-state index in [1.165, 1.54) is 0 Å².